The van der Waals surface area contributed by atoms with Crippen LogP contribution in [0.2, 0.25) is 0 Å². The van der Waals surface area contributed by atoms with Gasteiger partial charge in [0, 0.05) is 11.7 Å². The van der Waals surface area contributed by atoms with Crippen molar-refractivity contribution in [2.24, 2.45) is 0 Å². The molecule has 0 aromatic heterocycles. The van der Waals surface area contributed by atoms with E-state index in [0.29, 0.717) is 13.1 Å². The van der Waals surface area contributed by atoms with Crippen LogP contribution in [0.5, 0.6) is 0 Å². The van der Waals surface area contributed by atoms with Crippen LogP contribution in [0.3, 0.4) is 0 Å². The number of anilines is 1. The number of amides is 2. The maximum absolute atomic E-state index is 12.4. The van der Waals surface area contributed by atoms with Gasteiger partial charge in [0.15, 0.2) is 13.1 Å². The number of benzene rings is 1. The lowest BCUT2D eigenvalue weighted by atomic mass is 10.1. The summed E-state index contributed by atoms with van der Waals surface area (Å²) in [4.78, 5) is 27.2. The lowest BCUT2D eigenvalue weighted by Crippen LogP contribution is -3.28. The molecule has 6 heteroatoms. The number of aryl methyl sites for hydroxylation is 2. The normalized spacial score (nSPS) is 20.7. The second-order valence-corrected chi connectivity index (χ2v) is 7.93. The van der Waals surface area contributed by atoms with Crippen LogP contribution >= 0.6 is 0 Å². The van der Waals surface area contributed by atoms with Crippen LogP contribution in [0, 0.1) is 13.8 Å². The summed E-state index contributed by atoms with van der Waals surface area (Å²) in [5.41, 5.74) is 3.12. The molecule has 1 aromatic carbocycles. The topological polar surface area (TPSA) is 67.1 Å². The standard InChI is InChI=1S/C21H34N4O2/c1-5-7-18(4)22-19(26)14-24-10-12-25(13-11-24)15-20(27)23-21-16(2)8-6-9-17(21)3/h6,8-9,18H,5,7,10-15H2,1-4H3,(H,22,26)(H,23,27)/p+2/t18-/m1/s1. The predicted octanol–water partition coefficient (Wildman–Crippen LogP) is -0.670. The Morgan fingerprint density at radius 1 is 1.00 bits per heavy atom. The average molecular weight is 377 g/mol. The molecule has 6 nitrogen and oxygen atoms in total. The van der Waals surface area contributed by atoms with Crippen LogP contribution < -0.4 is 20.4 Å². The number of rotatable bonds is 8. The Morgan fingerprint density at radius 2 is 1.52 bits per heavy atom. The second-order valence-electron chi connectivity index (χ2n) is 7.93. The molecular weight excluding hydrogens is 340 g/mol. The molecule has 2 amide bonds. The van der Waals surface area contributed by atoms with Crippen molar-refractivity contribution in [2.45, 2.75) is 46.6 Å². The van der Waals surface area contributed by atoms with Gasteiger partial charge in [-0.2, -0.15) is 0 Å². The molecule has 1 fully saturated rings. The van der Waals surface area contributed by atoms with Gasteiger partial charge in [-0.1, -0.05) is 31.5 Å². The number of carbonyl (C=O) groups is 2. The zero-order chi connectivity index (χ0) is 19.8. The molecule has 27 heavy (non-hydrogen) atoms. The quantitative estimate of drug-likeness (QED) is 0.486. The molecule has 2 rings (SSSR count). The van der Waals surface area contributed by atoms with Crippen LogP contribution in [-0.4, -0.2) is 57.1 Å². The first-order valence-electron chi connectivity index (χ1n) is 10.2. The van der Waals surface area contributed by atoms with Gasteiger partial charge < -0.3 is 20.4 Å². The average Bonchev–Trinajstić information content (AvgIpc) is 2.60. The van der Waals surface area contributed by atoms with Gasteiger partial charge in [-0.25, -0.2) is 0 Å². The molecule has 1 aliphatic heterocycles. The van der Waals surface area contributed by atoms with Crippen molar-refractivity contribution < 1.29 is 19.4 Å². The number of piperazine rings is 1. The van der Waals surface area contributed by atoms with Crippen LogP contribution in [0.1, 0.15) is 37.8 Å². The summed E-state index contributed by atoms with van der Waals surface area (Å²) in [6.45, 7) is 13.0. The number of nitrogens with one attached hydrogen (secondary N) is 4. The molecule has 0 spiro atoms. The summed E-state index contributed by atoms with van der Waals surface area (Å²) < 4.78 is 0. The summed E-state index contributed by atoms with van der Waals surface area (Å²) in [5.74, 6) is 0.208. The zero-order valence-corrected chi connectivity index (χ0v) is 17.3. The maximum Gasteiger partial charge on any atom is 0.279 e. The number of carbonyl (C=O) groups excluding carboxylic acids is 2. The third-order valence-electron chi connectivity index (χ3n) is 5.36. The summed E-state index contributed by atoms with van der Waals surface area (Å²) in [5, 5.41) is 6.15. The Kier molecular flexibility index (Phi) is 8.25. The van der Waals surface area contributed by atoms with Gasteiger partial charge in [-0.3, -0.25) is 9.59 Å². The largest absolute Gasteiger partial charge is 0.349 e. The highest BCUT2D eigenvalue weighted by Gasteiger charge is 2.26. The summed E-state index contributed by atoms with van der Waals surface area (Å²) in [6.07, 6.45) is 2.11. The van der Waals surface area contributed by atoms with Crippen LogP contribution in [-0.2, 0) is 9.59 Å². The molecule has 1 aliphatic rings. The van der Waals surface area contributed by atoms with Crippen molar-refractivity contribution in [2.75, 3.05) is 44.6 Å². The fourth-order valence-electron chi connectivity index (χ4n) is 3.79. The summed E-state index contributed by atoms with van der Waals surface area (Å²) in [7, 11) is 0. The van der Waals surface area contributed by atoms with Gasteiger partial charge >= 0.3 is 0 Å². The Labute approximate surface area is 163 Å². The minimum Gasteiger partial charge on any atom is -0.349 e. The highest BCUT2D eigenvalue weighted by atomic mass is 16.2. The highest BCUT2D eigenvalue weighted by Crippen LogP contribution is 2.18. The lowest BCUT2D eigenvalue weighted by Gasteiger charge is -2.29. The molecule has 4 N–H and O–H groups in total. The first-order valence-corrected chi connectivity index (χ1v) is 10.2. The van der Waals surface area contributed by atoms with Crippen molar-refractivity contribution in [3.05, 3.63) is 29.3 Å². The number of para-hydroxylation sites is 1. The van der Waals surface area contributed by atoms with Crippen molar-refractivity contribution in [3.63, 3.8) is 0 Å². The van der Waals surface area contributed by atoms with E-state index in [1.165, 1.54) is 9.80 Å². The van der Waals surface area contributed by atoms with Crippen molar-refractivity contribution in [1.82, 2.24) is 5.32 Å². The second kappa shape index (κ2) is 10.4. The Hall–Kier alpha value is -1.92. The molecule has 0 aliphatic carbocycles. The van der Waals surface area contributed by atoms with Gasteiger partial charge in [-0.05, 0) is 38.3 Å². The van der Waals surface area contributed by atoms with Gasteiger partial charge in [0.2, 0.25) is 0 Å². The van der Waals surface area contributed by atoms with Crippen LogP contribution in [0.15, 0.2) is 18.2 Å². The van der Waals surface area contributed by atoms with Gasteiger partial charge in [0.25, 0.3) is 11.8 Å². The fraction of sp³-hybridized carbons (Fsp3) is 0.619. The molecule has 1 saturated heterocycles. The molecule has 1 atom stereocenters. The third kappa shape index (κ3) is 6.96. The van der Waals surface area contributed by atoms with Gasteiger partial charge in [0.1, 0.15) is 26.2 Å². The van der Waals surface area contributed by atoms with E-state index < -0.39 is 0 Å². The molecule has 0 unspecified atom stereocenters. The van der Waals surface area contributed by atoms with Crippen molar-refractivity contribution in [3.8, 4) is 0 Å². The van der Waals surface area contributed by atoms with Crippen molar-refractivity contribution in [1.29, 1.82) is 0 Å². The highest BCUT2D eigenvalue weighted by molar-refractivity contribution is 5.93. The van der Waals surface area contributed by atoms with Gasteiger partial charge in [0.05, 0.1) is 0 Å². The third-order valence-corrected chi connectivity index (χ3v) is 5.36. The Balaban J connectivity index is 1.72. The molecule has 0 radical (unpaired) electrons. The summed E-state index contributed by atoms with van der Waals surface area (Å²) in [6, 6.07) is 6.29. The molecule has 1 heterocycles. The van der Waals surface area contributed by atoms with E-state index >= 15 is 0 Å². The number of hydrogen-bond acceptors (Lipinski definition) is 2. The molecule has 1 aromatic rings. The molecule has 0 saturated carbocycles. The number of quaternary nitrogens is 2. The number of hydrogen-bond donors (Lipinski definition) is 4. The first kappa shape index (κ1) is 21.4. The van der Waals surface area contributed by atoms with Crippen LogP contribution in [0.25, 0.3) is 0 Å². The van der Waals surface area contributed by atoms with E-state index in [9.17, 15) is 9.59 Å². The first-order chi connectivity index (χ1) is 12.9. The van der Waals surface area contributed by atoms with E-state index in [-0.39, 0.29) is 17.9 Å². The lowest BCUT2D eigenvalue weighted by molar-refractivity contribution is -1.00. The SMILES string of the molecule is CCC[C@@H](C)NC(=O)C[NH+]1CC[NH+](CC(=O)Nc2c(C)cccc2C)CC1. The minimum absolute atomic E-state index is 0.0667. The van der Waals surface area contributed by atoms with E-state index in [1.807, 2.05) is 32.0 Å². The van der Waals surface area contributed by atoms with Crippen molar-refractivity contribution >= 4 is 17.5 Å². The molecular formula is C21H36N4O2+2. The molecule has 150 valence electrons. The Bertz CT molecular complexity index is 619. The van der Waals surface area contributed by atoms with E-state index in [2.05, 4.69) is 24.5 Å². The summed E-state index contributed by atoms with van der Waals surface area (Å²) >= 11 is 0. The minimum atomic E-state index is 0.0667. The van der Waals surface area contributed by atoms with Crippen LogP contribution in [0.4, 0.5) is 5.69 Å². The maximum atomic E-state index is 12.4. The van der Waals surface area contributed by atoms with E-state index in [1.54, 1.807) is 0 Å². The smallest absolute Gasteiger partial charge is 0.279 e. The Morgan fingerprint density at radius 3 is 2.04 bits per heavy atom. The predicted molar refractivity (Wildman–Crippen MR) is 108 cm³/mol. The molecule has 0 bridgehead atoms. The fourth-order valence-corrected chi connectivity index (χ4v) is 3.79. The van der Waals surface area contributed by atoms with E-state index in [0.717, 1.165) is 55.8 Å². The zero-order valence-electron chi connectivity index (χ0n) is 17.3. The van der Waals surface area contributed by atoms with Gasteiger partial charge in [-0.15, -0.1) is 0 Å². The van der Waals surface area contributed by atoms with E-state index in [4.69, 9.17) is 0 Å². The monoisotopic (exact) mass is 376 g/mol.